The van der Waals surface area contributed by atoms with Crippen LogP contribution >= 0.6 is 0 Å². The Kier molecular flexibility index (Phi) is 7.13. The summed E-state index contributed by atoms with van der Waals surface area (Å²) in [5, 5.41) is 4.90. The number of nitrogens with zero attached hydrogens (tertiary/aromatic N) is 3. The number of nitrogens with one attached hydrogen (secondary N) is 2. The SMILES string of the molecule is CN(C)CCn1cnc(C(N)=O)c1C(=O)Nc1ccc(NC(=O)c2ccc(F)cc2)c(F)c1. The molecule has 11 heteroatoms. The average molecular weight is 456 g/mol. The van der Waals surface area contributed by atoms with Crippen LogP contribution in [0.1, 0.15) is 31.3 Å². The summed E-state index contributed by atoms with van der Waals surface area (Å²) in [5.74, 6) is -3.49. The van der Waals surface area contributed by atoms with Crippen LogP contribution in [0.2, 0.25) is 0 Å². The Morgan fingerprint density at radius 1 is 1.03 bits per heavy atom. The molecule has 0 bridgehead atoms. The summed E-state index contributed by atoms with van der Waals surface area (Å²) in [7, 11) is 3.70. The van der Waals surface area contributed by atoms with Crippen LogP contribution in [0.3, 0.4) is 0 Å². The number of amides is 3. The summed E-state index contributed by atoms with van der Waals surface area (Å²) in [5.41, 5.74) is 5.21. The van der Waals surface area contributed by atoms with Gasteiger partial charge < -0.3 is 25.8 Å². The third kappa shape index (κ3) is 5.77. The minimum absolute atomic E-state index is 0.0431. The Morgan fingerprint density at radius 3 is 2.33 bits per heavy atom. The maximum Gasteiger partial charge on any atom is 0.274 e. The molecule has 0 unspecified atom stereocenters. The first-order valence-corrected chi connectivity index (χ1v) is 9.83. The van der Waals surface area contributed by atoms with Gasteiger partial charge in [-0.1, -0.05) is 0 Å². The van der Waals surface area contributed by atoms with Crippen molar-refractivity contribution < 1.29 is 23.2 Å². The number of aromatic nitrogens is 2. The van der Waals surface area contributed by atoms with Crippen molar-refractivity contribution in [3.05, 3.63) is 77.4 Å². The van der Waals surface area contributed by atoms with Gasteiger partial charge in [0.1, 0.15) is 17.3 Å². The smallest absolute Gasteiger partial charge is 0.274 e. The summed E-state index contributed by atoms with van der Waals surface area (Å²) in [4.78, 5) is 42.6. The van der Waals surface area contributed by atoms with Crippen molar-refractivity contribution in [2.24, 2.45) is 5.73 Å². The number of anilines is 2. The van der Waals surface area contributed by atoms with E-state index in [4.69, 9.17) is 5.73 Å². The molecule has 33 heavy (non-hydrogen) atoms. The fraction of sp³-hybridized carbons (Fsp3) is 0.182. The zero-order chi connectivity index (χ0) is 24.1. The topological polar surface area (TPSA) is 122 Å². The molecule has 0 aliphatic heterocycles. The number of benzene rings is 2. The van der Waals surface area contributed by atoms with E-state index in [2.05, 4.69) is 15.6 Å². The largest absolute Gasteiger partial charge is 0.364 e. The van der Waals surface area contributed by atoms with Crippen molar-refractivity contribution in [3.8, 4) is 0 Å². The molecule has 0 aliphatic rings. The molecule has 2 aromatic carbocycles. The molecule has 3 rings (SSSR count). The number of imidazole rings is 1. The number of halogens is 2. The third-order valence-electron chi connectivity index (χ3n) is 4.66. The molecule has 0 spiro atoms. The van der Waals surface area contributed by atoms with Crippen LogP contribution < -0.4 is 16.4 Å². The first-order chi connectivity index (χ1) is 15.7. The summed E-state index contributed by atoms with van der Waals surface area (Å²) < 4.78 is 29.1. The lowest BCUT2D eigenvalue weighted by Gasteiger charge is -2.13. The Bertz CT molecular complexity index is 1190. The summed E-state index contributed by atoms with van der Waals surface area (Å²) in [6, 6.07) is 8.44. The van der Waals surface area contributed by atoms with E-state index in [1.54, 1.807) is 0 Å². The number of nitrogens with two attached hydrogens (primary N) is 1. The fourth-order valence-electron chi connectivity index (χ4n) is 2.96. The van der Waals surface area contributed by atoms with Crippen LogP contribution in [0.25, 0.3) is 0 Å². The van der Waals surface area contributed by atoms with E-state index >= 15 is 0 Å². The molecule has 3 amide bonds. The average Bonchev–Trinajstić information content (AvgIpc) is 3.19. The van der Waals surface area contributed by atoms with Crippen LogP contribution in [0.15, 0.2) is 48.8 Å². The van der Waals surface area contributed by atoms with Crippen molar-refractivity contribution in [2.75, 3.05) is 31.3 Å². The molecular formula is C22H22F2N6O3. The molecular weight excluding hydrogens is 434 g/mol. The highest BCUT2D eigenvalue weighted by Crippen LogP contribution is 2.21. The van der Waals surface area contributed by atoms with Crippen LogP contribution in [0, 0.1) is 11.6 Å². The monoisotopic (exact) mass is 456 g/mol. The molecule has 0 saturated carbocycles. The van der Waals surface area contributed by atoms with Gasteiger partial charge in [0, 0.05) is 24.3 Å². The fourth-order valence-corrected chi connectivity index (χ4v) is 2.96. The van der Waals surface area contributed by atoms with Crippen molar-refractivity contribution in [2.45, 2.75) is 6.54 Å². The summed E-state index contributed by atoms with van der Waals surface area (Å²) in [6.07, 6.45) is 1.34. The van der Waals surface area contributed by atoms with Gasteiger partial charge in [0.15, 0.2) is 5.69 Å². The minimum Gasteiger partial charge on any atom is -0.364 e. The van der Waals surface area contributed by atoms with Gasteiger partial charge in [-0.25, -0.2) is 13.8 Å². The van der Waals surface area contributed by atoms with Crippen LogP contribution in [0.4, 0.5) is 20.2 Å². The number of rotatable bonds is 8. The zero-order valence-corrected chi connectivity index (χ0v) is 17.9. The molecule has 1 aromatic heterocycles. The van der Waals surface area contributed by atoms with E-state index in [9.17, 15) is 23.2 Å². The number of hydrogen-bond donors (Lipinski definition) is 3. The second-order valence-electron chi connectivity index (χ2n) is 7.41. The number of carbonyl (C=O) groups is 3. The Hall–Kier alpha value is -4.12. The molecule has 0 atom stereocenters. The summed E-state index contributed by atoms with van der Waals surface area (Å²) in [6.45, 7) is 0.949. The number of primary amides is 1. The molecule has 3 aromatic rings. The van der Waals surface area contributed by atoms with Gasteiger partial charge in [-0.2, -0.15) is 0 Å². The highest BCUT2D eigenvalue weighted by atomic mass is 19.1. The lowest BCUT2D eigenvalue weighted by Crippen LogP contribution is -2.25. The molecule has 172 valence electrons. The van der Waals surface area contributed by atoms with E-state index in [1.165, 1.54) is 35.2 Å². The van der Waals surface area contributed by atoms with Crippen LogP contribution in [-0.4, -0.2) is 52.8 Å². The van der Waals surface area contributed by atoms with Gasteiger partial charge >= 0.3 is 0 Å². The predicted molar refractivity (Wildman–Crippen MR) is 118 cm³/mol. The number of hydrogen-bond acceptors (Lipinski definition) is 5. The van der Waals surface area contributed by atoms with Crippen molar-refractivity contribution in [3.63, 3.8) is 0 Å². The van der Waals surface area contributed by atoms with E-state index in [0.717, 1.165) is 18.2 Å². The first kappa shape index (κ1) is 23.5. The van der Waals surface area contributed by atoms with E-state index in [-0.39, 0.29) is 28.3 Å². The van der Waals surface area contributed by atoms with Gasteiger partial charge in [0.25, 0.3) is 17.7 Å². The second-order valence-corrected chi connectivity index (χ2v) is 7.41. The quantitative estimate of drug-likeness (QED) is 0.480. The Labute approximate surface area is 188 Å². The minimum atomic E-state index is -0.867. The first-order valence-electron chi connectivity index (χ1n) is 9.83. The molecule has 0 aliphatic carbocycles. The molecule has 0 saturated heterocycles. The van der Waals surface area contributed by atoms with Gasteiger partial charge in [0.2, 0.25) is 0 Å². The molecule has 9 nitrogen and oxygen atoms in total. The standard InChI is InChI=1S/C22H22F2N6O3/c1-29(2)9-10-30-12-26-18(20(25)31)19(30)22(33)27-15-7-8-17(16(24)11-15)28-21(32)13-3-5-14(23)6-4-13/h3-8,11-12H,9-10H2,1-2H3,(H2,25,31)(H,27,33)(H,28,32). The van der Waals surface area contributed by atoms with Crippen molar-refractivity contribution in [1.82, 2.24) is 14.5 Å². The van der Waals surface area contributed by atoms with E-state index < -0.39 is 29.4 Å². The van der Waals surface area contributed by atoms with Crippen molar-refractivity contribution in [1.29, 1.82) is 0 Å². The molecule has 1 heterocycles. The van der Waals surface area contributed by atoms with Gasteiger partial charge in [-0.05, 0) is 56.6 Å². The highest BCUT2D eigenvalue weighted by Gasteiger charge is 2.23. The number of likely N-dealkylation sites (N-methyl/N-ethyl adjacent to an activating group) is 1. The second kappa shape index (κ2) is 10.0. The Balaban J connectivity index is 1.76. The van der Waals surface area contributed by atoms with Gasteiger partial charge in [-0.15, -0.1) is 0 Å². The normalized spacial score (nSPS) is 10.8. The zero-order valence-electron chi connectivity index (χ0n) is 17.9. The third-order valence-corrected chi connectivity index (χ3v) is 4.66. The molecule has 4 N–H and O–H groups in total. The number of carbonyl (C=O) groups excluding carboxylic acids is 3. The highest BCUT2D eigenvalue weighted by molar-refractivity contribution is 6.10. The van der Waals surface area contributed by atoms with Crippen LogP contribution in [0.5, 0.6) is 0 Å². The predicted octanol–water partition coefficient (Wildman–Crippen LogP) is 2.33. The maximum atomic E-state index is 14.6. The molecule has 0 radical (unpaired) electrons. The van der Waals surface area contributed by atoms with Gasteiger partial charge in [0.05, 0.1) is 12.0 Å². The Morgan fingerprint density at radius 2 is 1.73 bits per heavy atom. The van der Waals surface area contributed by atoms with Crippen LogP contribution in [-0.2, 0) is 6.54 Å². The van der Waals surface area contributed by atoms with Crippen molar-refractivity contribution >= 4 is 29.1 Å². The van der Waals surface area contributed by atoms with Gasteiger partial charge in [-0.3, -0.25) is 14.4 Å². The van der Waals surface area contributed by atoms with E-state index in [1.807, 2.05) is 19.0 Å². The maximum absolute atomic E-state index is 14.6. The lowest BCUT2D eigenvalue weighted by atomic mass is 10.2. The molecule has 0 fully saturated rings. The summed E-state index contributed by atoms with van der Waals surface area (Å²) >= 11 is 0. The van der Waals surface area contributed by atoms with E-state index in [0.29, 0.717) is 13.1 Å². The lowest BCUT2D eigenvalue weighted by molar-refractivity contribution is 0.0969.